The van der Waals surface area contributed by atoms with Crippen molar-refractivity contribution in [2.45, 2.75) is 31.9 Å². The van der Waals surface area contributed by atoms with Crippen LogP contribution < -0.4 is 0 Å². The average molecular weight is 328 g/mol. The van der Waals surface area contributed by atoms with Gasteiger partial charge in [0.05, 0.1) is 24.7 Å². The normalized spacial score (nSPS) is 24.8. The quantitative estimate of drug-likeness (QED) is 0.787. The molecule has 22 heavy (non-hydrogen) atoms. The lowest BCUT2D eigenvalue weighted by Crippen LogP contribution is -2.49. The average Bonchev–Trinajstić information content (AvgIpc) is 3.19. The molecule has 2 aliphatic heterocycles. The Labute approximate surface area is 132 Å². The van der Waals surface area contributed by atoms with Crippen molar-refractivity contribution in [3.8, 4) is 0 Å². The fraction of sp³-hybridized carbons (Fsp3) is 0.733. The standard InChI is InChI=1S/C15H24N2O4S/c18-22(19,12-5-14-3-1-10-20-14)17-8-6-16(7-9-17)13-15-4-2-11-21-15/h2,4,11,14H,1,3,5-10,12-13H2/t14-/m0/s1. The summed E-state index contributed by atoms with van der Waals surface area (Å²) in [6.45, 7) is 4.15. The second-order valence-electron chi connectivity index (χ2n) is 5.99. The van der Waals surface area contributed by atoms with E-state index in [0.717, 1.165) is 44.8 Å². The van der Waals surface area contributed by atoms with Crippen molar-refractivity contribution in [3.05, 3.63) is 24.2 Å². The molecule has 0 bridgehead atoms. The summed E-state index contributed by atoms with van der Waals surface area (Å²) in [5.74, 6) is 1.13. The maximum absolute atomic E-state index is 12.4. The Kier molecular flexibility index (Phi) is 5.18. The molecule has 0 radical (unpaired) electrons. The first-order chi connectivity index (χ1) is 10.6. The van der Waals surface area contributed by atoms with Crippen molar-refractivity contribution in [1.82, 2.24) is 9.21 Å². The number of rotatable bonds is 6. The molecule has 3 rings (SSSR count). The van der Waals surface area contributed by atoms with E-state index in [1.807, 2.05) is 12.1 Å². The summed E-state index contributed by atoms with van der Waals surface area (Å²) in [6, 6.07) is 3.83. The maximum Gasteiger partial charge on any atom is 0.214 e. The zero-order valence-corrected chi connectivity index (χ0v) is 13.6. The molecule has 7 heteroatoms. The first kappa shape index (κ1) is 16.0. The van der Waals surface area contributed by atoms with Gasteiger partial charge in [-0.1, -0.05) is 0 Å². The third-order valence-corrected chi connectivity index (χ3v) is 6.31. The van der Waals surface area contributed by atoms with Crippen molar-refractivity contribution in [2.24, 2.45) is 0 Å². The van der Waals surface area contributed by atoms with Crippen molar-refractivity contribution >= 4 is 10.0 Å². The third-order valence-electron chi connectivity index (χ3n) is 4.41. The Bertz CT molecular complexity index is 544. The second-order valence-corrected chi connectivity index (χ2v) is 8.08. The van der Waals surface area contributed by atoms with Gasteiger partial charge in [-0.05, 0) is 31.4 Å². The van der Waals surface area contributed by atoms with Crippen molar-refractivity contribution < 1.29 is 17.6 Å². The van der Waals surface area contributed by atoms with Crippen LogP contribution in [-0.4, -0.2) is 62.3 Å². The van der Waals surface area contributed by atoms with Crippen LogP contribution in [0, 0.1) is 0 Å². The van der Waals surface area contributed by atoms with Crippen LogP contribution in [0.25, 0.3) is 0 Å². The minimum Gasteiger partial charge on any atom is -0.468 e. The Morgan fingerprint density at radius 2 is 2.05 bits per heavy atom. The fourth-order valence-electron chi connectivity index (χ4n) is 3.07. The monoisotopic (exact) mass is 328 g/mol. The zero-order valence-electron chi connectivity index (χ0n) is 12.8. The van der Waals surface area contributed by atoms with E-state index in [9.17, 15) is 8.42 Å². The highest BCUT2D eigenvalue weighted by atomic mass is 32.2. The van der Waals surface area contributed by atoms with Gasteiger partial charge in [-0.3, -0.25) is 4.90 Å². The number of ether oxygens (including phenoxy) is 1. The molecule has 1 aromatic heterocycles. The Morgan fingerprint density at radius 3 is 2.68 bits per heavy atom. The molecular formula is C15H24N2O4S. The second kappa shape index (κ2) is 7.12. The van der Waals surface area contributed by atoms with Gasteiger partial charge in [0.1, 0.15) is 5.76 Å². The van der Waals surface area contributed by atoms with E-state index in [1.54, 1.807) is 10.6 Å². The van der Waals surface area contributed by atoms with Crippen LogP contribution in [0.2, 0.25) is 0 Å². The maximum atomic E-state index is 12.4. The van der Waals surface area contributed by atoms with E-state index >= 15 is 0 Å². The number of hydrogen-bond donors (Lipinski definition) is 0. The minimum absolute atomic E-state index is 0.134. The summed E-state index contributed by atoms with van der Waals surface area (Å²) in [5, 5.41) is 0. The van der Waals surface area contributed by atoms with Crippen molar-refractivity contribution in [3.63, 3.8) is 0 Å². The molecule has 0 unspecified atom stereocenters. The SMILES string of the molecule is O=S(=O)(CC[C@@H]1CCCO1)N1CCN(Cc2ccco2)CC1. The summed E-state index contributed by atoms with van der Waals surface area (Å²) in [4.78, 5) is 2.23. The van der Waals surface area contributed by atoms with E-state index in [1.165, 1.54) is 0 Å². The van der Waals surface area contributed by atoms with E-state index in [0.29, 0.717) is 19.5 Å². The molecule has 1 atom stereocenters. The number of hydrogen-bond acceptors (Lipinski definition) is 5. The van der Waals surface area contributed by atoms with Gasteiger partial charge in [-0.25, -0.2) is 8.42 Å². The third kappa shape index (κ3) is 4.10. The molecule has 0 N–H and O–H groups in total. The first-order valence-electron chi connectivity index (χ1n) is 7.98. The smallest absolute Gasteiger partial charge is 0.214 e. The predicted octanol–water partition coefficient (Wildman–Crippen LogP) is 1.30. The van der Waals surface area contributed by atoms with Crippen LogP contribution in [0.4, 0.5) is 0 Å². The van der Waals surface area contributed by atoms with Gasteiger partial charge >= 0.3 is 0 Å². The largest absolute Gasteiger partial charge is 0.468 e. The van der Waals surface area contributed by atoms with Gasteiger partial charge in [-0.15, -0.1) is 0 Å². The summed E-state index contributed by atoms with van der Waals surface area (Å²) >= 11 is 0. The number of nitrogens with zero attached hydrogens (tertiary/aromatic N) is 2. The van der Waals surface area contributed by atoms with Crippen molar-refractivity contribution in [1.29, 1.82) is 0 Å². The van der Waals surface area contributed by atoms with Gasteiger partial charge < -0.3 is 9.15 Å². The summed E-state index contributed by atoms with van der Waals surface area (Å²) in [7, 11) is -3.15. The Balaban J connectivity index is 1.45. The first-order valence-corrected chi connectivity index (χ1v) is 9.58. The number of furan rings is 1. The summed E-state index contributed by atoms with van der Waals surface area (Å²) in [5.41, 5.74) is 0. The highest BCUT2D eigenvalue weighted by molar-refractivity contribution is 7.89. The molecular weight excluding hydrogens is 304 g/mol. The van der Waals surface area contributed by atoms with Gasteiger partial charge in [-0.2, -0.15) is 4.31 Å². The molecule has 6 nitrogen and oxygen atoms in total. The Hall–Kier alpha value is -0.890. The summed E-state index contributed by atoms with van der Waals surface area (Å²) in [6.07, 6.45) is 4.47. The molecule has 2 saturated heterocycles. The molecule has 0 saturated carbocycles. The lowest BCUT2D eigenvalue weighted by atomic mass is 10.2. The molecule has 0 aliphatic carbocycles. The van der Waals surface area contributed by atoms with E-state index in [-0.39, 0.29) is 11.9 Å². The van der Waals surface area contributed by atoms with Crippen LogP contribution >= 0.6 is 0 Å². The summed E-state index contributed by atoms with van der Waals surface area (Å²) < 4.78 is 37.3. The fourth-order valence-corrected chi connectivity index (χ4v) is 4.61. The van der Waals surface area contributed by atoms with E-state index in [4.69, 9.17) is 9.15 Å². The topological polar surface area (TPSA) is 63.0 Å². The van der Waals surface area contributed by atoms with Crippen LogP contribution in [0.3, 0.4) is 0 Å². The van der Waals surface area contributed by atoms with Crippen LogP contribution in [0.5, 0.6) is 0 Å². The zero-order chi connectivity index (χ0) is 15.4. The van der Waals surface area contributed by atoms with Crippen LogP contribution in [0.15, 0.2) is 22.8 Å². The Morgan fingerprint density at radius 1 is 1.23 bits per heavy atom. The molecule has 1 aromatic rings. The highest BCUT2D eigenvalue weighted by Gasteiger charge is 2.28. The van der Waals surface area contributed by atoms with E-state index < -0.39 is 10.0 Å². The van der Waals surface area contributed by atoms with Gasteiger partial charge in [0.25, 0.3) is 0 Å². The number of sulfonamides is 1. The van der Waals surface area contributed by atoms with Crippen molar-refractivity contribution in [2.75, 3.05) is 38.5 Å². The predicted molar refractivity (Wildman–Crippen MR) is 82.9 cm³/mol. The lowest BCUT2D eigenvalue weighted by molar-refractivity contribution is 0.108. The lowest BCUT2D eigenvalue weighted by Gasteiger charge is -2.33. The molecule has 2 fully saturated rings. The van der Waals surface area contributed by atoms with Gasteiger partial charge in [0, 0.05) is 32.8 Å². The molecule has 124 valence electrons. The molecule has 2 aliphatic rings. The van der Waals surface area contributed by atoms with E-state index in [2.05, 4.69) is 4.90 Å². The molecule has 3 heterocycles. The number of piperazine rings is 1. The van der Waals surface area contributed by atoms with Crippen LogP contribution in [0.1, 0.15) is 25.0 Å². The molecule has 0 amide bonds. The van der Waals surface area contributed by atoms with Crippen LogP contribution in [-0.2, 0) is 21.3 Å². The molecule has 0 aromatic carbocycles. The van der Waals surface area contributed by atoms with Gasteiger partial charge in [0.15, 0.2) is 0 Å². The minimum atomic E-state index is -3.15. The highest BCUT2D eigenvalue weighted by Crippen LogP contribution is 2.18. The van der Waals surface area contributed by atoms with Gasteiger partial charge in [0.2, 0.25) is 10.0 Å². The molecule has 0 spiro atoms.